The lowest BCUT2D eigenvalue weighted by atomic mass is 10.2. The van der Waals surface area contributed by atoms with Gasteiger partial charge in [0.25, 0.3) is 0 Å². The second kappa shape index (κ2) is 5.54. The molecule has 2 aromatic heterocycles. The first-order valence-corrected chi connectivity index (χ1v) is 8.88. The van der Waals surface area contributed by atoms with Crippen molar-refractivity contribution in [3.05, 3.63) is 40.3 Å². The molecule has 4 rings (SSSR count). The molecule has 2 aliphatic rings. The summed E-state index contributed by atoms with van der Waals surface area (Å²) < 4.78 is 1.95. The molecule has 0 bridgehead atoms. The minimum atomic E-state index is 0.219. The van der Waals surface area contributed by atoms with Gasteiger partial charge in [0.05, 0.1) is 12.6 Å². The molecule has 4 nitrogen and oxygen atoms in total. The van der Waals surface area contributed by atoms with Gasteiger partial charge in [-0.25, -0.2) is 0 Å². The summed E-state index contributed by atoms with van der Waals surface area (Å²) in [6, 6.07) is 6.62. The third kappa shape index (κ3) is 2.58. The molecule has 0 N–H and O–H groups in total. The molecule has 0 radical (unpaired) electrons. The van der Waals surface area contributed by atoms with Crippen molar-refractivity contribution in [3.8, 4) is 0 Å². The van der Waals surface area contributed by atoms with Crippen molar-refractivity contribution >= 4 is 17.2 Å². The minimum absolute atomic E-state index is 0.219. The first-order chi connectivity index (χ1) is 10.7. The normalized spacial score (nSPS) is 27.3. The van der Waals surface area contributed by atoms with E-state index < -0.39 is 0 Å². The van der Waals surface area contributed by atoms with Crippen LogP contribution < -0.4 is 0 Å². The van der Waals surface area contributed by atoms with Crippen molar-refractivity contribution in [2.45, 2.75) is 44.7 Å². The summed E-state index contributed by atoms with van der Waals surface area (Å²) in [5.41, 5.74) is 0. The van der Waals surface area contributed by atoms with Gasteiger partial charge >= 0.3 is 0 Å². The molecule has 3 heterocycles. The van der Waals surface area contributed by atoms with E-state index in [4.69, 9.17) is 0 Å². The van der Waals surface area contributed by atoms with Crippen LogP contribution in [0.1, 0.15) is 34.9 Å². The van der Waals surface area contributed by atoms with E-state index in [0.717, 1.165) is 32.4 Å². The Morgan fingerprint density at radius 1 is 1.45 bits per heavy atom. The van der Waals surface area contributed by atoms with Crippen LogP contribution in [0.2, 0.25) is 0 Å². The Morgan fingerprint density at radius 2 is 2.36 bits per heavy atom. The Morgan fingerprint density at radius 3 is 3.09 bits per heavy atom. The van der Waals surface area contributed by atoms with Gasteiger partial charge in [-0.1, -0.05) is 0 Å². The highest BCUT2D eigenvalue weighted by Crippen LogP contribution is 2.51. The summed E-state index contributed by atoms with van der Waals surface area (Å²) in [5.74, 6) is 1.05. The largest absolute Gasteiger partial charge is 0.338 e. The maximum atomic E-state index is 12.8. The Bertz CT molecular complexity index is 663. The molecular weight excluding hydrogens is 294 g/mol. The fourth-order valence-electron chi connectivity index (χ4n) is 3.59. The van der Waals surface area contributed by atoms with Crippen molar-refractivity contribution < 1.29 is 4.79 Å². The van der Waals surface area contributed by atoms with E-state index in [-0.39, 0.29) is 5.92 Å². The summed E-state index contributed by atoms with van der Waals surface area (Å²) >= 11 is 1.84. The third-order valence-electron chi connectivity index (χ3n) is 4.85. The fraction of sp³-hybridized carbons (Fsp3) is 0.529. The third-order valence-corrected chi connectivity index (χ3v) is 5.98. The maximum Gasteiger partial charge on any atom is 0.226 e. The van der Waals surface area contributed by atoms with Gasteiger partial charge in [-0.2, -0.15) is 5.10 Å². The quantitative estimate of drug-likeness (QED) is 0.870. The maximum absolute atomic E-state index is 12.8. The van der Waals surface area contributed by atoms with E-state index in [1.165, 1.54) is 9.75 Å². The molecule has 22 heavy (non-hydrogen) atoms. The fourth-order valence-corrected chi connectivity index (χ4v) is 4.64. The van der Waals surface area contributed by atoms with Gasteiger partial charge in [0.1, 0.15) is 0 Å². The molecule has 0 spiro atoms. The molecule has 1 aliphatic heterocycles. The Hall–Kier alpha value is -1.62. The molecule has 3 atom stereocenters. The highest BCUT2D eigenvalue weighted by molar-refractivity contribution is 7.12. The predicted molar refractivity (Wildman–Crippen MR) is 86.9 cm³/mol. The SMILES string of the molecule is Cc1ccc([C@@H]2C[C@@H]2C(=O)N2CCC[C@@H]2Cn2cccn2)s1. The van der Waals surface area contributed by atoms with E-state index in [0.29, 0.717) is 17.9 Å². The minimum Gasteiger partial charge on any atom is -0.338 e. The van der Waals surface area contributed by atoms with Crippen molar-refractivity contribution in [1.29, 1.82) is 0 Å². The summed E-state index contributed by atoms with van der Waals surface area (Å²) in [5, 5.41) is 4.28. The number of carbonyl (C=O) groups excluding carboxylic acids is 1. The molecule has 2 fully saturated rings. The number of likely N-dealkylation sites (tertiary alicyclic amines) is 1. The number of aromatic nitrogens is 2. The van der Waals surface area contributed by atoms with E-state index in [1.54, 1.807) is 6.20 Å². The van der Waals surface area contributed by atoms with Crippen LogP contribution in [0.25, 0.3) is 0 Å². The smallest absolute Gasteiger partial charge is 0.226 e. The first-order valence-electron chi connectivity index (χ1n) is 8.06. The second-order valence-electron chi connectivity index (χ2n) is 6.45. The van der Waals surface area contributed by atoms with Crippen LogP contribution in [0.3, 0.4) is 0 Å². The lowest BCUT2D eigenvalue weighted by molar-refractivity contribution is -0.133. The van der Waals surface area contributed by atoms with Crippen LogP contribution in [0.5, 0.6) is 0 Å². The van der Waals surface area contributed by atoms with Crippen LogP contribution >= 0.6 is 11.3 Å². The van der Waals surface area contributed by atoms with Crippen LogP contribution in [-0.4, -0.2) is 33.2 Å². The summed E-state index contributed by atoms with van der Waals surface area (Å²) in [6.45, 7) is 3.87. The summed E-state index contributed by atoms with van der Waals surface area (Å²) in [7, 11) is 0. The highest BCUT2D eigenvalue weighted by atomic mass is 32.1. The number of rotatable bonds is 4. The lowest BCUT2D eigenvalue weighted by Crippen LogP contribution is -2.39. The average Bonchev–Trinajstić information content (AvgIpc) is 2.91. The van der Waals surface area contributed by atoms with Crippen LogP contribution in [0.15, 0.2) is 30.6 Å². The molecule has 1 amide bonds. The first kappa shape index (κ1) is 14.0. The van der Waals surface area contributed by atoms with Gasteiger partial charge in [-0.15, -0.1) is 11.3 Å². The van der Waals surface area contributed by atoms with Crippen LogP contribution in [-0.2, 0) is 11.3 Å². The molecule has 1 saturated carbocycles. The van der Waals surface area contributed by atoms with Gasteiger partial charge in [0.2, 0.25) is 5.91 Å². The summed E-state index contributed by atoms with van der Waals surface area (Å²) in [6.07, 6.45) is 7.03. The molecular formula is C17H21N3OS. The van der Waals surface area contributed by atoms with E-state index in [2.05, 4.69) is 29.1 Å². The van der Waals surface area contributed by atoms with Crippen molar-refractivity contribution in [2.24, 2.45) is 5.92 Å². The number of amides is 1. The molecule has 0 aromatic carbocycles. The van der Waals surface area contributed by atoms with Gasteiger partial charge < -0.3 is 4.90 Å². The second-order valence-corrected chi connectivity index (χ2v) is 7.77. The number of hydrogen-bond acceptors (Lipinski definition) is 3. The number of nitrogens with zero attached hydrogens (tertiary/aromatic N) is 3. The van der Waals surface area contributed by atoms with Gasteiger partial charge in [-0.05, 0) is 44.4 Å². The average molecular weight is 315 g/mol. The number of aryl methyl sites for hydroxylation is 1. The molecule has 0 unspecified atom stereocenters. The van der Waals surface area contributed by atoms with E-state index in [1.807, 2.05) is 28.3 Å². The number of carbonyl (C=O) groups is 1. The van der Waals surface area contributed by atoms with Gasteiger partial charge in [0.15, 0.2) is 0 Å². The Kier molecular flexibility index (Phi) is 3.53. The predicted octanol–water partition coefficient (Wildman–Crippen LogP) is 3.05. The van der Waals surface area contributed by atoms with Crippen molar-refractivity contribution in [3.63, 3.8) is 0 Å². The summed E-state index contributed by atoms with van der Waals surface area (Å²) in [4.78, 5) is 17.7. The Balaban J connectivity index is 1.42. The van der Waals surface area contributed by atoms with Gasteiger partial charge in [0, 0.05) is 40.5 Å². The van der Waals surface area contributed by atoms with E-state index in [9.17, 15) is 4.79 Å². The van der Waals surface area contributed by atoms with E-state index >= 15 is 0 Å². The van der Waals surface area contributed by atoms with Crippen molar-refractivity contribution in [2.75, 3.05) is 6.54 Å². The zero-order chi connectivity index (χ0) is 15.1. The standard InChI is InChI=1S/C17H21N3OS/c1-12-5-6-16(22-12)14-10-15(14)17(21)20-9-2-4-13(20)11-19-8-3-7-18-19/h3,5-8,13-15H,2,4,9-11H2,1H3/t13-,14-,15+/m1/s1. The number of hydrogen-bond donors (Lipinski definition) is 0. The molecule has 1 saturated heterocycles. The zero-order valence-electron chi connectivity index (χ0n) is 12.8. The van der Waals surface area contributed by atoms with Crippen LogP contribution in [0.4, 0.5) is 0 Å². The lowest BCUT2D eigenvalue weighted by Gasteiger charge is -2.25. The van der Waals surface area contributed by atoms with Gasteiger partial charge in [-0.3, -0.25) is 9.48 Å². The Labute approximate surface area is 134 Å². The molecule has 116 valence electrons. The molecule has 5 heteroatoms. The molecule has 2 aromatic rings. The van der Waals surface area contributed by atoms with Crippen LogP contribution in [0, 0.1) is 12.8 Å². The topological polar surface area (TPSA) is 38.1 Å². The zero-order valence-corrected chi connectivity index (χ0v) is 13.6. The monoisotopic (exact) mass is 315 g/mol. The highest BCUT2D eigenvalue weighted by Gasteiger charge is 2.48. The van der Waals surface area contributed by atoms with Crippen molar-refractivity contribution in [1.82, 2.24) is 14.7 Å². The number of thiophene rings is 1. The molecule has 1 aliphatic carbocycles.